The average Bonchev–Trinajstić information content (AvgIpc) is 2.74. The van der Waals surface area contributed by atoms with Crippen LogP contribution in [0.15, 0.2) is 45.3 Å². The first-order valence-electron chi connectivity index (χ1n) is 4.72. The van der Waals surface area contributed by atoms with E-state index in [1.807, 2.05) is 0 Å². The molecule has 87 valence electrons. The molecule has 0 heterocycles. The van der Waals surface area contributed by atoms with Gasteiger partial charge in [0.25, 0.3) is 0 Å². The summed E-state index contributed by atoms with van der Waals surface area (Å²) in [6.07, 6.45) is 15.7. The molecule has 0 nitrogen and oxygen atoms in total. The summed E-state index contributed by atoms with van der Waals surface area (Å²) in [6.45, 7) is 0. The minimum atomic E-state index is -6.00. The van der Waals surface area contributed by atoms with Crippen molar-refractivity contribution in [3.8, 4) is 0 Å². The van der Waals surface area contributed by atoms with Crippen molar-refractivity contribution in [2.45, 2.75) is 12.8 Å². The summed E-state index contributed by atoms with van der Waals surface area (Å²) in [5, 5.41) is 0. The van der Waals surface area contributed by atoms with Gasteiger partial charge in [0.15, 0.2) is 0 Å². The Hall–Kier alpha value is -0.723. The zero-order valence-corrected chi connectivity index (χ0v) is 9.65. The van der Waals surface area contributed by atoms with E-state index < -0.39 is 7.25 Å². The molecule has 0 N–H and O–H groups in total. The first-order valence-corrected chi connectivity index (χ1v) is 5.99. The van der Waals surface area contributed by atoms with Gasteiger partial charge in [-0.15, -0.1) is 0 Å². The molecule has 0 fully saturated rings. The van der Waals surface area contributed by atoms with Gasteiger partial charge in [-0.1, -0.05) is 0 Å². The van der Waals surface area contributed by atoms with Gasteiger partial charge in [-0.2, -0.15) is 0 Å². The van der Waals surface area contributed by atoms with Gasteiger partial charge < -0.3 is 17.3 Å². The number of hydrogen-bond donors (Lipinski definition) is 0. The summed E-state index contributed by atoms with van der Waals surface area (Å²) in [5.41, 5.74) is 0. The van der Waals surface area contributed by atoms with E-state index in [-0.39, 0.29) is 0 Å². The van der Waals surface area contributed by atoms with Crippen LogP contribution >= 0.6 is 0 Å². The predicted octanol–water partition coefficient (Wildman–Crippen LogP) is 4.06. The van der Waals surface area contributed by atoms with E-state index in [1.54, 1.807) is 8.87 Å². The molecule has 0 aromatic carbocycles. The molecule has 2 rings (SSSR count). The summed E-state index contributed by atoms with van der Waals surface area (Å²) in [4.78, 5) is 0. The van der Waals surface area contributed by atoms with Gasteiger partial charge in [0.05, 0.1) is 0 Å². The number of hydrogen-bond acceptors (Lipinski definition) is 0. The Morgan fingerprint density at radius 1 is 0.875 bits per heavy atom. The van der Waals surface area contributed by atoms with E-state index in [4.69, 9.17) is 0 Å². The maximum absolute atomic E-state index is 9.75. The standard InChI is InChI=1S/2C5H5.BF4.Cr/c2*1-2-4-5-3-1;2-1(3,4)5;/h2*1-3H,4H2;;/q;;-1;+1. The Labute approximate surface area is 98.2 Å². The van der Waals surface area contributed by atoms with Crippen LogP contribution < -0.4 is 0 Å². The van der Waals surface area contributed by atoms with Gasteiger partial charge in [-0.3, -0.25) is 0 Å². The quantitative estimate of drug-likeness (QED) is 0.524. The molecule has 2 aliphatic rings. The molecule has 0 unspecified atom stereocenters. The minimum Gasteiger partial charge on any atom is -0.418 e. The number of rotatable bonds is 2. The van der Waals surface area contributed by atoms with E-state index in [0.717, 1.165) is 0 Å². The molecule has 0 saturated heterocycles. The van der Waals surface area contributed by atoms with Gasteiger partial charge in [-0.05, 0) is 0 Å². The van der Waals surface area contributed by atoms with Crippen LogP contribution in [-0.2, 0) is 15.2 Å². The van der Waals surface area contributed by atoms with Crippen LogP contribution in [-0.4, -0.2) is 7.25 Å². The van der Waals surface area contributed by atoms with E-state index in [9.17, 15) is 17.3 Å². The van der Waals surface area contributed by atoms with E-state index >= 15 is 0 Å². The van der Waals surface area contributed by atoms with Crippen LogP contribution in [0.1, 0.15) is 12.8 Å². The molecular formula is C10H10BCrF4. The van der Waals surface area contributed by atoms with Crippen molar-refractivity contribution in [3.05, 3.63) is 45.3 Å². The van der Waals surface area contributed by atoms with Crippen molar-refractivity contribution in [1.82, 2.24) is 0 Å². The zero-order chi connectivity index (χ0) is 12.0. The molecule has 0 amide bonds. The van der Waals surface area contributed by atoms with Gasteiger partial charge in [0.1, 0.15) is 0 Å². The summed E-state index contributed by atoms with van der Waals surface area (Å²) in [7, 11) is -6.00. The van der Waals surface area contributed by atoms with Crippen molar-refractivity contribution in [3.63, 3.8) is 0 Å². The average molecular weight is 269 g/mol. The Kier molecular flexibility index (Phi) is 5.10. The van der Waals surface area contributed by atoms with Crippen LogP contribution in [0.5, 0.6) is 0 Å². The van der Waals surface area contributed by atoms with E-state index in [0.29, 0.717) is 15.2 Å². The molecule has 0 atom stereocenters. The third kappa shape index (κ3) is 6.70. The third-order valence-corrected chi connectivity index (χ3v) is 3.50. The van der Waals surface area contributed by atoms with Crippen LogP contribution in [0.4, 0.5) is 17.3 Å². The van der Waals surface area contributed by atoms with E-state index in [2.05, 4.69) is 36.5 Å². The Morgan fingerprint density at radius 2 is 1.25 bits per heavy atom. The van der Waals surface area contributed by atoms with Crippen LogP contribution in [0.2, 0.25) is 0 Å². The normalized spacial score (nSPS) is 17.8. The second-order valence-corrected chi connectivity index (χ2v) is 5.08. The number of halogens is 4. The Morgan fingerprint density at radius 3 is 1.50 bits per heavy atom. The van der Waals surface area contributed by atoms with Crippen molar-refractivity contribution in [2.75, 3.05) is 0 Å². The van der Waals surface area contributed by atoms with Gasteiger partial charge in [0.2, 0.25) is 0 Å². The molecule has 0 bridgehead atoms. The SMILES string of the molecule is C1=CC[C]([Cr+][C]2=CC=CC2)=C1.F[B-](F)(F)F. The fourth-order valence-corrected chi connectivity index (χ4v) is 2.72. The van der Waals surface area contributed by atoms with Crippen molar-refractivity contribution < 1.29 is 32.5 Å². The first-order chi connectivity index (χ1) is 7.45. The van der Waals surface area contributed by atoms with Gasteiger partial charge >= 0.3 is 80.6 Å². The van der Waals surface area contributed by atoms with Gasteiger partial charge in [0, 0.05) is 0 Å². The van der Waals surface area contributed by atoms with Crippen molar-refractivity contribution >= 4 is 7.25 Å². The molecule has 0 aliphatic heterocycles. The van der Waals surface area contributed by atoms with Crippen LogP contribution in [0, 0.1) is 0 Å². The second-order valence-electron chi connectivity index (χ2n) is 3.13. The van der Waals surface area contributed by atoms with Crippen LogP contribution in [0.3, 0.4) is 0 Å². The van der Waals surface area contributed by atoms with Crippen molar-refractivity contribution in [2.24, 2.45) is 0 Å². The van der Waals surface area contributed by atoms with E-state index in [1.165, 1.54) is 12.8 Å². The summed E-state index contributed by atoms with van der Waals surface area (Å²) in [5.74, 6) is 0. The predicted molar refractivity (Wildman–Crippen MR) is 53.9 cm³/mol. The Bertz CT molecular complexity index is 318. The zero-order valence-electron chi connectivity index (χ0n) is 8.38. The first kappa shape index (κ1) is 13.3. The molecular weight excluding hydrogens is 259 g/mol. The Balaban J connectivity index is 0.000000221. The second kappa shape index (κ2) is 6.12. The summed E-state index contributed by atoms with van der Waals surface area (Å²) >= 11 is 0.632. The largest absolute Gasteiger partial charge is 0.673 e. The smallest absolute Gasteiger partial charge is 0.418 e. The molecule has 6 heteroatoms. The molecule has 0 aromatic heterocycles. The fourth-order valence-electron chi connectivity index (χ4n) is 1.17. The molecule has 0 radical (unpaired) electrons. The summed E-state index contributed by atoms with van der Waals surface area (Å²) < 4.78 is 42.2. The molecule has 0 saturated carbocycles. The molecule has 0 spiro atoms. The van der Waals surface area contributed by atoms with Crippen LogP contribution in [0.25, 0.3) is 0 Å². The molecule has 0 aromatic rings. The fraction of sp³-hybridized carbons (Fsp3) is 0.200. The maximum atomic E-state index is 9.75. The van der Waals surface area contributed by atoms with Gasteiger partial charge in [-0.25, -0.2) is 0 Å². The monoisotopic (exact) mass is 269 g/mol. The minimum absolute atomic E-state index is 0.632. The number of allylic oxidation sites excluding steroid dienone is 8. The topological polar surface area (TPSA) is 0 Å². The molecule has 16 heavy (non-hydrogen) atoms. The third-order valence-electron chi connectivity index (χ3n) is 1.74. The van der Waals surface area contributed by atoms with Crippen molar-refractivity contribution in [1.29, 1.82) is 0 Å². The summed E-state index contributed by atoms with van der Waals surface area (Å²) in [6, 6.07) is 0. The maximum Gasteiger partial charge on any atom is 0.673 e. The molecule has 2 aliphatic carbocycles.